The van der Waals surface area contributed by atoms with E-state index in [-0.39, 0.29) is 0 Å². The molecule has 1 heterocycles. The fourth-order valence-corrected chi connectivity index (χ4v) is 1.72. The summed E-state index contributed by atoms with van der Waals surface area (Å²) in [5.74, 6) is 0. The minimum Gasteiger partial charge on any atom is -0.241 e. The van der Waals surface area contributed by atoms with E-state index in [1.165, 1.54) is 5.56 Å². The first kappa shape index (κ1) is 9.71. The number of halogens is 1. The van der Waals surface area contributed by atoms with Crippen LogP contribution in [0.4, 0.5) is 0 Å². The molecular formula is C11H11IN2. The molecule has 0 aliphatic heterocycles. The molecule has 1 unspecified atom stereocenters. The predicted molar refractivity (Wildman–Crippen MR) is 66.0 cm³/mol. The Hall–Kier alpha value is -0.840. The van der Waals surface area contributed by atoms with Crippen LogP contribution >= 0.6 is 22.6 Å². The van der Waals surface area contributed by atoms with Gasteiger partial charge in [-0.25, -0.2) is 4.68 Å². The molecule has 0 bridgehead atoms. The molecule has 1 atom stereocenters. The van der Waals surface area contributed by atoms with Crippen LogP contribution in [-0.2, 0) is 0 Å². The van der Waals surface area contributed by atoms with Gasteiger partial charge in [0.15, 0.2) is 0 Å². The number of hydrogen-bond acceptors (Lipinski definition) is 1. The molecule has 0 amide bonds. The SMILES string of the molecule is CC(I)c1cccc(-n2cccn2)c1. The molecule has 0 aliphatic carbocycles. The van der Waals surface area contributed by atoms with Crippen molar-refractivity contribution in [2.75, 3.05) is 0 Å². The second-order valence-corrected chi connectivity index (χ2v) is 5.03. The lowest BCUT2D eigenvalue weighted by Gasteiger charge is -2.06. The van der Waals surface area contributed by atoms with Crippen LogP contribution in [0.5, 0.6) is 0 Å². The number of nitrogens with zero attached hydrogens (tertiary/aromatic N) is 2. The zero-order valence-electron chi connectivity index (χ0n) is 7.89. The molecule has 14 heavy (non-hydrogen) atoms. The molecule has 2 aromatic rings. The van der Waals surface area contributed by atoms with Gasteiger partial charge in [0.1, 0.15) is 0 Å². The lowest BCUT2D eigenvalue weighted by molar-refractivity contribution is 0.877. The van der Waals surface area contributed by atoms with E-state index in [0.717, 1.165) is 5.69 Å². The van der Waals surface area contributed by atoms with E-state index >= 15 is 0 Å². The van der Waals surface area contributed by atoms with Gasteiger partial charge in [-0.2, -0.15) is 5.10 Å². The molecule has 72 valence electrons. The quantitative estimate of drug-likeness (QED) is 0.614. The van der Waals surface area contributed by atoms with Crippen LogP contribution in [0.15, 0.2) is 42.7 Å². The van der Waals surface area contributed by atoms with E-state index in [9.17, 15) is 0 Å². The van der Waals surface area contributed by atoms with Crippen molar-refractivity contribution in [2.24, 2.45) is 0 Å². The van der Waals surface area contributed by atoms with Crippen LogP contribution in [0, 0.1) is 0 Å². The van der Waals surface area contributed by atoms with Crippen LogP contribution in [0.1, 0.15) is 16.4 Å². The Kier molecular flexibility index (Phi) is 2.86. The molecule has 1 aromatic carbocycles. The number of benzene rings is 1. The van der Waals surface area contributed by atoms with Crippen LogP contribution in [0.3, 0.4) is 0 Å². The lowest BCUT2D eigenvalue weighted by Crippen LogP contribution is -1.95. The fourth-order valence-electron chi connectivity index (χ4n) is 1.34. The summed E-state index contributed by atoms with van der Waals surface area (Å²) in [6.45, 7) is 2.18. The van der Waals surface area contributed by atoms with Gasteiger partial charge in [0.2, 0.25) is 0 Å². The van der Waals surface area contributed by atoms with Gasteiger partial charge in [-0.3, -0.25) is 0 Å². The van der Waals surface area contributed by atoms with Gasteiger partial charge in [0, 0.05) is 16.3 Å². The lowest BCUT2D eigenvalue weighted by atomic mass is 10.1. The molecule has 0 radical (unpaired) electrons. The third-order valence-electron chi connectivity index (χ3n) is 2.10. The average Bonchev–Trinajstić information content (AvgIpc) is 2.71. The van der Waals surface area contributed by atoms with E-state index in [4.69, 9.17) is 0 Å². The molecule has 0 N–H and O–H groups in total. The average molecular weight is 298 g/mol. The summed E-state index contributed by atoms with van der Waals surface area (Å²) in [6, 6.07) is 10.4. The second-order valence-electron chi connectivity index (χ2n) is 3.16. The molecule has 2 nitrogen and oxygen atoms in total. The van der Waals surface area contributed by atoms with Gasteiger partial charge in [-0.15, -0.1) is 0 Å². The van der Waals surface area contributed by atoms with Crippen molar-refractivity contribution in [1.29, 1.82) is 0 Å². The largest absolute Gasteiger partial charge is 0.241 e. The van der Waals surface area contributed by atoms with Gasteiger partial charge >= 0.3 is 0 Å². The van der Waals surface area contributed by atoms with Crippen molar-refractivity contribution in [3.8, 4) is 5.69 Å². The van der Waals surface area contributed by atoms with Crippen LogP contribution in [0.2, 0.25) is 0 Å². The molecule has 1 aromatic heterocycles. The van der Waals surface area contributed by atoms with Crippen molar-refractivity contribution in [1.82, 2.24) is 9.78 Å². The fraction of sp³-hybridized carbons (Fsp3) is 0.182. The van der Waals surface area contributed by atoms with E-state index < -0.39 is 0 Å². The number of aromatic nitrogens is 2. The van der Waals surface area contributed by atoms with Gasteiger partial charge < -0.3 is 0 Å². The first-order chi connectivity index (χ1) is 6.77. The smallest absolute Gasteiger partial charge is 0.0648 e. The summed E-state index contributed by atoms with van der Waals surface area (Å²) >= 11 is 2.41. The molecule has 0 spiro atoms. The topological polar surface area (TPSA) is 17.8 Å². The normalized spacial score (nSPS) is 12.7. The monoisotopic (exact) mass is 298 g/mol. The zero-order chi connectivity index (χ0) is 9.97. The highest BCUT2D eigenvalue weighted by molar-refractivity contribution is 14.1. The van der Waals surface area contributed by atoms with Gasteiger partial charge in [-0.05, 0) is 30.7 Å². The van der Waals surface area contributed by atoms with Crippen molar-refractivity contribution in [3.05, 3.63) is 48.3 Å². The summed E-state index contributed by atoms with van der Waals surface area (Å²) in [5.41, 5.74) is 2.45. The Morgan fingerprint density at radius 1 is 1.36 bits per heavy atom. The second kappa shape index (κ2) is 4.13. The maximum atomic E-state index is 4.20. The van der Waals surface area contributed by atoms with Crippen LogP contribution < -0.4 is 0 Å². The molecular weight excluding hydrogens is 287 g/mol. The number of hydrogen-bond donors (Lipinski definition) is 0. The maximum absolute atomic E-state index is 4.20. The minimum absolute atomic E-state index is 0.531. The van der Waals surface area contributed by atoms with Gasteiger partial charge in [0.05, 0.1) is 5.69 Å². The van der Waals surface area contributed by atoms with Crippen molar-refractivity contribution < 1.29 is 0 Å². The van der Waals surface area contributed by atoms with Gasteiger partial charge in [0.25, 0.3) is 0 Å². The predicted octanol–water partition coefficient (Wildman–Crippen LogP) is 3.37. The molecule has 3 heteroatoms. The van der Waals surface area contributed by atoms with Crippen LogP contribution in [0.25, 0.3) is 5.69 Å². The minimum atomic E-state index is 0.531. The summed E-state index contributed by atoms with van der Waals surface area (Å²) in [4.78, 5) is 0. The molecule has 0 saturated carbocycles. The summed E-state index contributed by atoms with van der Waals surface area (Å²) in [7, 11) is 0. The molecule has 0 aliphatic rings. The number of alkyl halides is 1. The van der Waals surface area contributed by atoms with Crippen molar-refractivity contribution >= 4 is 22.6 Å². The Balaban J connectivity index is 2.41. The van der Waals surface area contributed by atoms with E-state index in [1.807, 2.05) is 16.9 Å². The van der Waals surface area contributed by atoms with Crippen molar-refractivity contribution in [3.63, 3.8) is 0 Å². The maximum Gasteiger partial charge on any atom is 0.0648 e. The Morgan fingerprint density at radius 3 is 2.86 bits per heavy atom. The highest BCUT2D eigenvalue weighted by atomic mass is 127. The summed E-state index contributed by atoms with van der Waals surface area (Å²) in [5, 5.41) is 4.20. The highest BCUT2D eigenvalue weighted by Gasteiger charge is 2.02. The highest BCUT2D eigenvalue weighted by Crippen LogP contribution is 2.23. The third-order valence-corrected chi connectivity index (χ3v) is 2.82. The van der Waals surface area contributed by atoms with E-state index in [1.54, 1.807) is 6.20 Å². The Labute approximate surface area is 97.1 Å². The zero-order valence-corrected chi connectivity index (χ0v) is 10.0. The summed E-state index contributed by atoms with van der Waals surface area (Å²) in [6.07, 6.45) is 3.75. The molecule has 2 rings (SSSR count). The first-order valence-electron chi connectivity index (χ1n) is 4.51. The number of rotatable bonds is 2. The Bertz CT molecular complexity index is 407. The van der Waals surface area contributed by atoms with E-state index in [0.29, 0.717) is 3.92 Å². The third kappa shape index (κ3) is 1.97. The van der Waals surface area contributed by atoms with Crippen LogP contribution in [-0.4, -0.2) is 9.78 Å². The van der Waals surface area contributed by atoms with E-state index in [2.05, 4.69) is 58.9 Å². The molecule has 0 saturated heterocycles. The Morgan fingerprint density at radius 2 is 2.21 bits per heavy atom. The molecule has 0 fully saturated rings. The van der Waals surface area contributed by atoms with Crippen molar-refractivity contribution in [2.45, 2.75) is 10.8 Å². The summed E-state index contributed by atoms with van der Waals surface area (Å²) < 4.78 is 2.41. The first-order valence-corrected chi connectivity index (χ1v) is 5.76. The standard InChI is InChI=1S/C11H11IN2/c1-9(12)10-4-2-5-11(8-10)14-7-3-6-13-14/h2-9H,1H3. The van der Waals surface area contributed by atoms with Gasteiger partial charge in [-0.1, -0.05) is 34.7 Å².